The molecule has 35 heavy (non-hydrogen) atoms. The fourth-order valence-electron chi connectivity index (χ4n) is 4.22. The highest BCUT2D eigenvalue weighted by Crippen LogP contribution is 2.35. The number of nitrogens with two attached hydrogens (primary N) is 1. The Kier molecular flexibility index (Phi) is 6.96. The van der Waals surface area contributed by atoms with E-state index >= 15 is 0 Å². The minimum Gasteiger partial charge on any atom is -0.481 e. The van der Waals surface area contributed by atoms with E-state index in [-0.39, 0.29) is 18.8 Å². The number of esters is 1. The number of ether oxygens (including phenoxy) is 2. The predicted octanol–water partition coefficient (Wildman–Crippen LogP) is 4.27. The number of Topliss-reactive ketones (excluding diaryl/α,β-unsaturated/α-hetero) is 1. The summed E-state index contributed by atoms with van der Waals surface area (Å²) in [5, 5.41) is 0.442. The normalized spacial score (nSPS) is 10.8. The van der Waals surface area contributed by atoms with Gasteiger partial charge < -0.3 is 19.8 Å². The molecule has 0 radical (unpaired) electrons. The van der Waals surface area contributed by atoms with E-state index in [2.05, 4.69) is 6.07 Å². The summed E-state index contributed by atoms with van der Waals surface area (Å²) in [6, 6.07) is 23.5. The summed E-state index contributed by atoms with van der Waals surface area (Å²) in [7, 11) is 0. The summed E-state index contributed by atoms with van der Waals surface area (Å²) in [6.45, 7) is 3.84. The van der Waals surface area contributed by atoms with E-state index in [1.54, 1.807) is 26.0 Å². The summed E-state index contributed by atoms with van der Waals surface area (Å²) in [4.78, 5) is 36.6. The van der Waals surface area contributed by atoms with Crippen LogP contribution in [0, 0.1) is 6.92 Å². The van der Waals surface area contributed by atoms with Crippen LogP contribution in [0.15, 0.2) is 72.8 Å². The molecule has 1 amide bonds. The number of carbonyl (C=O) groups excluding carboxylic acids is 3. The molecule has 1 heterocycles. The van der Waals surface area contributed by atoms with Crippen LogP contribution in [0.2, 0.25) is 0 Å². The number of carbonyl (C=O) groups is 3. The first kappa shape index (κ1) is 23.8. The molecule has 2 N–H and O–H groups in total. The summed E-state index contributed by atoms with van der Waals surface area (Å²) >= 11 is 0. The van der Waals surface area contributed by atoms with Gasteiger partial charge >= 0.3 is 5.97 Å². The minimum absolute atomic E-state index is 0.172. The van der Waals surface area contributed by atoms with Crippen LogP contribution in [-0.4, -0.2) is 35.4 Å². The Balaban J connectivity index is 1.79. The average molecular weight is 471 g/mol. The summed E-state index contributed by atoms with van der Waals surface area (Å²) in [6.07, 6.45) is 0. The SMILES string of the molecule is CCOC(=O)COc1cccc2c1c(C(=O)C(N)=O)c(C)n2Cc1cccc(-c2ccccc2)c1. The van der Waals surface area contributed by atoms with Crippen LogP contribution in [-0.2, 0) is 20.9 Å². The minimum atomic E-state index is -1.06. The molecule has 0 bridgehead atoms. The van der Waals surface area contributed by atoms with Gasteiger partial charge in [-0.15, -0.1) is 0 Å². The zero-order valence-corrected chi connectivity index (χ0v) is 19.6. The molecule has 7 nitrogen and oxygen atoms in total. The molecule has 1 aromatic heterocycles. The number of primary amides is 1. The number of benzene rings is 3. The van der Waals surface area contributed by atoms with Crippen molar-refractivity contribution in [3.05, 3.63) is 89.6 Å². The van der Waals surface area contributed by atoms with Crippen LogP contribution < -0.4 is 10.5 Å². The third-order valence-corrected chi connectivity index (χ3v) is 5.79. The highest BCUT2D eigenvalue weighted by Gasteiger charge is 2.26. The van der Waals surface area contributed by atoms with E-state index in [0.717, 1.165) is 16.7 Å². The maximum atomic E-state index is 12.8. The highest BCUT2D eigenvalue weighted by atomic mass is 16.6. The highest BCUT2D eigenvalue weighted by molar-refractivity contribution is 6.45. The van der Waals surface area contributed by atoms with E-state index < -0.39 is 17.7 Å². The standard InChI is InChI=1S/C28H26N2O5/c1-3-34-24(31)17-35-23-14-8-13-22-26(23)25(27(32)28(29)33)18(2)30(22)16-19-9-7-12-21(15-19)20-10-5-4-6-11-20/h4-15H,3,16-17H2,1-2H3,(H2,29,33). The molecule has 0 unspecified atom stereocenters. The molecule has 3 aromatic carbocycles. The topological polar surface area (TPSA) is 101 Å². The second kappa shape index (κ2) is 10.3. The van der Waals surface area contributed by atoms with Crippen LogP contribution in [0.4, 0.5) is 0 Å². The van der Waals surface area contributed by atoms with E-state index in [1.807, 2.05) is 59.2 Å². The van der Waals surface area contributed by atoms with E-state index in [0.29, 0.717) is 28.9 Å². The van der Waals surface area contributed by atoms with Crippen molar-refractivity contribution in [2.24, 2.45) is 5.73 Å². The lowest BCUT2D eigenvalue weighted by Crippen LogP contribution is -2.24. The van der Waals surface area contributed by atoms with Crippen molar-refractivity contribution in [3.8, 4) is 16.9 Å². The van der Waals surface area contributed by atoms with Crippen LogP contribution in [0.3, 0.4) is 0 Å². The molecule has 7 heteroatoms. The zero-order valence-electron chi connectivity index (χ0n) is 19.6. The average Bonchev–Trinajstić information content (AvgIpc) is 3.14. The number of fused-ring (bicyclic) bond motifs is 1. The van der Waals surface area contributed by atoms with Gasteiger partial charge in [-0.3, -0.25) is 9.59 Å². The summed E-state index contributed by atoms with van der Waals surface area (Å²) < 4.78 is 12.6. The number of amides is 1. The lowest BCUT2D eigenvalue weighted by atomic mass is 10.0. The first-order chi connectivity index (χ1) is 16.9. The Bertz CT molecular complexity index is 1410. The van der Waals surface area contributed by atoms with Crippen molar-refractivity contribution in [2.45, 2.75) is 20.4 Å². The Morgan fingerprint density at radius 1 is 0.914 bits per heavy atom. The fraction of sp³-hybridized carbons (Fsp3) is 0.179. The molecule has 4 rings (SSSR count). The summed E-state index contributed by atoms with van der Waals surface area (Å²) in [5.74, 6) is -2.09. The molecule has 178 valence electrons. The number of hydrogen-bond donors (Lipinski definition) is 1. The molecule has 4 aromatic rings. The van der Waals surface area contributed by atoms with Crippen molar-refractivity contribution in [3.63, 3.8) is 0 Å². The van der Waals surface area contributed by atoms with Gasteiger partial charge in [-0.05, 0) is 48.7 Å². The molecule has 0 saturated carbocycles. The lowest BCUT2D eigenvalue weighted by molar-refractivity contribution is -0.145. The molecule has 0 fully saturated rings. The van der Waals surface area contributed by atoms with Crippen LogP contribution in [0.5, 0.6) is 5.75 Å². The Hall–Kier alpha value is -4.39. The van der Waals surface area contributed by atoms with Gasteiger partial charge in [0.2, 0.25) is 0 Å². The van der Waals surface area contributed by atoms with Crippen LogP contribution in [0.25, 0.3) is 22.0 Å². The molecule has 0 aliphatic rings. The smallest absolute Gasteiger partial charge is 0.344 e. The second-order valence-electron chi connectivity index (χ2n) is 8.05. The van der Waals surface area contributed by atoms with Gasteiger partial charge in [-0.1, -0.05) is 54.6 Å². The third-order valence-electron chi connectivity index (χ3n) is 5.79. The van der Waals surface area contributed by atoms with Gasteiger partial charge in [0.15, 0.2) is 6.61 Å². The molecule has 0 saturated heterocycles. The predicted molar refractivity (Wildman–Crippen MR) is 133 cm³/mol. The van der Waals surface area contributed by atoms with Crippen LogP contribution >= 0.6 is 0 Å². The quantitative estimate of drug-likeness (QED) is 0.224. The first-order valence-electron chi connectivity index (χ1n) is 11.3. The van der Waals surface area contributed by atoms with E-state index in [9.17, 15) is 14.4 Å². The molecule has 0 atom stereocenters. The maximum absolute atomic E-state index is 12.8. The van der Waals surface area contributed by atoms with Gasteiger partial charge in [0.05, 0.1) is 23.1 Å². The molecular weight excluding hydrogens is 444 g/mol. The van der Waals surface area contributed by atoms with Crippen molar-refractivity contribution in [2.75, 3.05) is 13.2 Å². The number of aromatic nitrogens is 1. The molecule has 0 spiro atoms. The van der Waals surface area contributed by atoms with Crippen molar-refractivity contribution < 1.29 is 23.9 Å². The second-order valence-corrected chi connectivity index (χ2v) is 8.05. The first-order valence-corrected chi connectivity index (χ1v) is 11.3. The number of rotatable bonds is 9. The third kappa shape index (κ3) is 4.94. The van der Waals surface area contributed by atoms with E-state index in [1.165, 1.54) is 0 Å². The van der Waals surface area contributed by atoms with Crippen LogP contribution in [0.1, 0.15) is 28.5 Å². The molecule has 0 aliphatic heterocycles. The van der Waals surface area contributed by atoms with Crippen molar-refractivity contribution in [1.29, 1.82) is 0 Å². The molecular formula is C28H26N2O5. The maximum Gasteiger partial charge on any atom is 0.344 e. The largest absolute Gasteiger partial charge is 0.481 e. The van der Waals surface area contributed by atoms with Gasteiger partial charge in [-0.25, -0.2) is 4.79 Å². The number of ketones is 1. The number of nitrogens with zero attached hydrogens (tertiary/aromatic N) is 1. The van der Waals surface area contributed by atoms with E-state index in [4.69, 9.17) is 15.2 Å². The van der Waals surface area contributed by atoms with Gasteiger partial charge in [-0.2, -0.15) is 0 Å². The Morgan fingerprint density at radius 2 is 1.63 bits per heavy atom. The van der Waals surface area contributed by atoms with Crippen molar-refractivity contribution >= 4 is 28.6 Å². The Morgan fingerprint density at radius 3 is 2.34 bits per heavy atom. The number of hydrogen-bond acceptors (Lipinski definition) is 5. The Labute approximate surface area is 203 Å². The van der Waals surface area contributed by atoms with Gasteiger partial charge in [0.1, 0.15) is 5.75 Å². The van der Waals surface area contributed by atoms with Gasteiger partial charge in [0, 0.05) is 12.2 Å². The van der Waals surface area contributed by atoms with Gasteiger partial charge in [0.25, 0.3) is 11.7 Å². The monoisotopic (exact) mass is 470 g/mol. The zero-order chi connectivity index (χ0) is 24.9. The molecule has 0 aliphatic carbocycles. The lowest BCUT2D eigenvalue weighted by Gasteiger charge is -2.11. The fourth-order valence-corrected chi connectivity index (χ4v) is 4.22. The summed E-state index contributed by atoms with van der Waals surface area (Å²) in [5.41, 5.74) is 10.0. The van der Waals surface area contributed by atoms with Crippen molar-refractivity contribution in [1.82, 2.24) is 4.57 Å².